The Morgan fingerprint density at radius 3 is 2.31 bits per heavy atom. The Bertz CT molecular complexity index is 272. The van der Waals surface area contributed by atoms with Crippen LogP contribution in [0.2, 0.25) is 0 Å². The molecule has 0 atom stereocenters. The first-order chi connectivity index (χ1) is 6.29. The first-order valence-corrected chi connectivity index (χ1v) is 3.53. The zero-order valence-electron chi connectivity index (χ0n) is 7.18. The number of nitro groups is 1. The van der Waals surface area contributed by atoms with E-state index in [4.69, 9.17) is 0 Å². The first-order valence-electron chi connectivity index (χ1n) is 3.53. The second-order valence-corrected chi connectivity index (χ2v) is 2.01. The molecule has 0 spiro atoms. The van der Waals surface area contributed by atoms with E-state index in [2.05, 4.69) is 0 Å². The third kappa shape index (κ3) is 5.55. The summed E-state index contributed by atoms with van der Waals surface area (Å²) in [6.07, 6.45) is 2.38. The molecular weight excluding hydrogens is 173 g/mol. The molecule has 0 N–H and O–H groups in total. The van der Waals surface area contributed by atoms with E-state index in [9.17, 15) is 14.5 Å². The lowest BCUT2D eigenvalue weighted by Crippen LogP contribution is -1.81. The van der Waals surface area contributed by atoms with E-state index in [-0.39, 0.29) is 0 Å². The molecule has 13 heavy (non-hydrogen) atoms. The van der Waals surface area contributed by atoms with Gasteiger partial charge in [-0.05, 0) is 5.56 Å². The number of nitrogens with zero attached hydrogens (tertiary/aromatic N) is 1. The fourth-order valence-corrected chi connectivity index (χ4v) is 0.711. The normalized spacial score (nSPS) is 9.08. The van der Waals surface area contributed by atoms with Gasteiger partial charge in [-0.1, -0.05) is 30.3 Å². The van der Waals surface area contributed by atoms with Crippen molar-refractivity contribution in [2.75, 3.05) is 7.18 Å². The van der Waals surface area contributed by atoms with Crippen molar-refractivity contribution in [3.63, 3.8) is 0 Å². The van der Waals surface area contributed by atoms with Crippen LogP contribution in [0.3, 0.4) is 0 Å². The predicted molar refractivity (Wildman–Crippen MR) is 49.5 cm³/mol. The molecule has 0 aliphatic rings. The van der Waals surface area contributed by atoms with Crippen LogP contribution in [0.25, 0.3) is 6.08 Å². The Morgan fingerprint density at radius 2 is 1.85 bits per heavy atom. The summed E-state index contributed by atoms with van der Waals surface area (Å²) in [5.41, 5.74) is 0.837. The van der Waals surface area contributed by atoms with Gasteiger partial charge in [0.25, 0.3) is 0 Å². The summed E-state index contributed by atoms with van der Waals surface area (Å²) in [6.45, 7) is 0. The summed E-state index contributed by atoms with van der Waals surface area (Å²) >= 11 is 0. The fraction of sp³-hybridized carbons (Fsp3) is 0.111. The minimum absolute atomic E-state index is 0.479. The molecule has 4 heteroatoms. The molecule has 3 nitrogen and oxygen atoms in total. The SMILES string of the molecule is CF.O=[N+]([O-])C=Cc1ccccc1. The van der Waals surface area contributed by atoms with Gasteiger partial charge in [0.1, 0.15) is 0 Å². The molecule has 0 heterocycles. The average molecular weight is 183 g/mol. The fourth-order valence-electron chi connectivity index (χ4n) is 0.711. The van der Waals surface area contributed by atoms with Crippen LogP contribution >= 0.6 is 0 Å². The van der Waals surface area contributed by atoms with E-state index in [1.807, 2.05) is 18.2 Å². The van der Waals surface area contributed by atoms with Crippen molar-refractivity contribution in [1.29, 1.82) is 0 Å². The van der Waals surface area contributed by atoms with Crippen LogP contribution < -0.4 is 0 Å². The minimum atomic E-state index is -0.479. The highest BCUT2D eigenvalue weighted by molar-refractivity contribution is 5.47. The molecule has 0 saturated heterocycles. The monoisotopic (exact) mass is 183 g/mol. The van der Waals surface area contributed by atoms with Crippen LogP contribution in [0.1, 0.15) is 5.56 Å². The van der Waals surface area contributed by atoms with Crippen molar-refractivity contribution in [3.05, 3.63) is 52.2 Å². The summed E-state index contributed by atoms with van der Waals surface area (Å²) in [5.74, 6) is 0. The Balaban J connectivity index is 0.000000671. The van der Waals surface area contributed by atoms with Gasteiger partial charge >= 0.3 is 0 Å². The van der Waals surface area contributed by atoms with Crippen molar-refractivity contribution < 1.29 is 9.31 Å². The molecule has 0 amide bonds. The third-order valence-electron chi connectivity index (χ3n) is 1.19. The number of rotatable bonds is 2. The molecule has 0 aliphatic heterocycles. The van der Waals surface area contributed by atoms with Crippen LogP contribution in [0.5, 0.6) is 0 Å². The Hall–Kier alpha value is -1.71. The summed E-state index contributed by atoms with van der Waals surface area (Å²) in [5, 5.41) is 9.89. The molecule has 0 fully saturated rings. The summed E-state index contributed by atoms with van der Waals surface area (Å²) in [6, 6.07) is 9.14. The van der Waals surface area contributed by atoms with E-state index >= 15 is 0 Å². The van der Waals surface area contributed by atoms with Crippen molar-refractivity contribution >= 4 is 6.08 Å². The van der Waals surface area contributed by atoms with Gasteiger partial charge in [0, 0.05) is 6.08 Å². The molecule has 0 aliphatic carbocycles. The lowest BCUT2D eigenvalue weighted by Gasteiger charge is -1.86. The first kappa shape index (κ1) is 11.3. The largest absolute Gasteiger partial charge is 0.259 e. The van der Waals surface area contributed by atoms with Crippen LogP contribution in [0.15, 0.2) is 36.5 Å². The highest BCUT2D eigenvalue weighted by Gasteiger charge is 1.86. The lowest BCUT2D eigenvalue weighted by atomic mass is 10.2. The minimum Gasteiger partial charge on any atom is -0.259 e. The number of hydrogen-bond acceptors (Lipinski definition) is 2. The van der Waals surface area contributed by atoms with Gasteiger partial charge in [-0.3, -0.25) is 14.5 Å². The number of halogens is 1. The molecule has 1 rings (SSSR count). The second kappa shape index (κ2) is 6.97. The maximum Gasteiger partial charge on any atom is 0.235 e. The van der Waals surface area contributed by atoms with Crippen molar-refractivity contribution in [3.8, 4) is 0 Å². The molecule has 70 valence electrons. The Morgan fingerprint density at radius 1 is 1.31 bits per heavy atom. The van der Waals surface area contributed by atoms with E-state index in [0.29, 0.717) is 7.18 Å². The van der Waals surface area contributed by atoms with Crippen molar-refractivity contribution in [2.45, 2.75) is 0 Å². The van der Waals surface area contributed by atoms with Gasteiger partial charge in [0.2, 0.25) is 6.20 Å². The summed E-state index contributed by atoms with van der Waals surface area (Å²) in [4.78, 5) is 9.41. The van der Waals surface area contributed by atoms with Crippen LogP contribution in [-0.4, -0.2) is 12.1 Å². The second-order valence-electron chi connectivity index (χ2n) is 2.01. The molecule has 0 aromatic heterocycles. The van der Waals surface area contributed by atoms with Gasteiger partial charge in [0.15, 0.2) is 0 Å². The van der Waals surface area contributed by atoms with Gasteiger partial charge in [-0.2, -0.15) is 0 Å². The predicted octanol–water partition coefficient (Wildman–Crippen LogP) is 2.52. The number of hydrogen-bond donors (Lipinski definition) is 0. The molecule has 0 radical (unpaired) electrons. The third-order valence-corrected chi connectivity index (χ3v) is 1.19. The standard InChI is InChI=1S/C8H7NO2.CH3F/c10-9(11)7-6-8-4-2-1-3-5-8;1-2/h1-7H;1H3. The molecule has 0 bridgehead atoms. The van der Waals surface area contributed by atoms with Crippen LogP contribution in [0.4, 0.5) is 4.39 Å². The number of alkyl halides is 1. The summed E-state index contributed by atoms with van der Waals surface area (Å²) < 4.78 is 9.50. The van der Waals surface area contributed by atoms with Crippen LogP contribution in [-0.2, 0) is 0 Å². The van der Waals surface area contributed by atoms with Gasteiger partial charge in [-0.25, -0.2) is 0 Å². The Labute approximate surface area is 75.7 Å². The van der Waals surface area contributed by atoms with E-state index in [1.165, 1.54) is 6.08 Å². The molecule has 0 saturated carbocycles. The maximum absolute atomic E-state index is 9.89. The summed E-state index contributed by atoms with van der Waals surface area (Å²) in [7, 11) is 0.500. The van der Waals surface area contributed by atoms with E-state index in [0.717, 1.165) is 11.8 Å². The number of benzene rings is 1. The highest BCUT2D eigenvalue weighted by Crippen LogP contribution is 1.99. The smallest absolute Gasteiger partial charge is 0.235 e. The maximum atomic E-state index is 9.89. The molecule has 0 unspecified atom stereocenters. The highest BCUT2D eigenvalue weighted by atomic mass is 19.1. The quantitative estimate of drug-likeness (QED) is 0.522. The van der Waals surface area contributed by atoms with Gasteiger partial charge in [-0.15, -0.1) is 0 Å². The van der Waals surface area contributed by atoms with Crippen molar-refractivity contribution in [2.24, 2.45) is 0 Å². The average Bonchev–Trinajstić information content (AvgIpc) is 2.19. The zero-order valence-corrected chi connectivity index (χ0v) is 7.18. The Kier molecular flexibility index (Phi) is 6.05. The molecule has 1 aromatic rings. The molecule has 1 aromatic carbocycles. The van der Waals surface area contributed by atoms with Crippen LogP contribution in [0, 0.1) is 10.1 Å². The van der Waals surface area contributed by atoms with E-state index in [1.54, 1.807) is 12.1 Å². The topological polar surface area (TPSA) is 43.1 Å². The van der Waals surface area contributed by atoms with Gasteiger partial charge < -0.3 is 0 Å². The lowest BCUT2D eigenvalue weighted by molar-refractivity contribution is -0.400. The van der Waals surface area contributed by atoms with Gasteiger partial charge in [0.05, 0.1) is 12.1 Å². The van der Waals surface area contributed by atoms with Crippen molar-refractivity contribution in [1.82, 2.24) is 0 Å². The zero-order chi connectivity index (χ0) is 10.1. The van der Waals surface area contributed by atoms with E-state index < -0.39 is 4.92 Å². The molecular formula is C9H10FNO2.